The molecule has 2 fully saturated rings. The quantitative estimate of drug-likeness (QED) is 0.752. The number of amides is 1. The van der Waals surface area contributed by atoms with Crippen molar-refractivity contribution in [3.63, 3.8) is 0 Å². The van der Waals surface area contributed by atoms with E-state index < -0.39 is 21.4 Å². The SMILES string of the molecule is CC1CCCC(NC(=O)c2cn(C)c3ccc(S(=O)(=O)N4CCOCC4)cc3c2=O)C1C. The summed E-state index contributed by atoms with van der Waals surface area (Å²) in [4.78, 5) is 26.4. The first kappa shape index (κ1) is 22.9. The van der Waals surface area contributed by atoms with Gasteiger partial charge in [0, 0.05) is 37.8 Å². The smallest absolute Gasteiger partial charge is 0.256 e. The molecule has 0 bridgehead atoms. The molecule has 32 heavy (non-hydrogen) atoms. The fraction of sp³-hybridized carbons (Fsp3) is 0.565. The molecule has 0 spiro atoms. The highest BCUT2D eigenvalue weighted by Crippen LogP contribution is 2.29. The van der Waals surface area contributed by atoms with Gasteiger partial charge in [0.2, 0.25) is 15.5 Å². The summed E-state index contributed by atoms with van der Waals surface area (Å²) in [6, 6.07) is 4.55. The minimum atomic E-state index is -3.75. The van der Waals surface area contributed by atoms with Gasteiger partial charge in [0.1, 0.15) is 5.56 Å². The summed E-state index contributed by atoms with van der Waals surface area (Å²) in [6.45, 7) is 5.57. The molecule has 0 radical (unpaired) electrons. The molecule has 2 heterocycles. The van der Waals surface area contributed by atoms with Crippen LogP contribution >= 0.6 is 0 Å². The average molecular weight is 462 g/mol. The summed E-state index contributed by atoms with van der Waals surface area (Å²) >= 11 is 0. The molecule has 1 aromatic carbocycles. The lowest BCUT2D eigenvalue weighted by Crippen LogP contribution is -2.45. The standard InChI is InChI=1S/C23H31N3O5S/c1-15-5-4-6-20(16(15)2)24-23(28)19-14-25(3)21-8-7-17(13-18(21)22(19)27)32(29,30)26-9-11-31-12-10-26/h7-8,13-16,20H,4-6,9-12H2,1-3H3,(H,24,28). The van der Waals surface area contributed by atoms with E-state index in [9.17, 15) is 18.0 Å². The molecular weight excluding hydrogens is 430 g/mol. The fourth-order valence-electron chi connectivity index (χ4n) is 4.76. The van der Waals surface area contributed by atoms with Crippen LogP contribution in [-0.4, -0.2) is 55.5 Å². The molecule has 1 N–H and O–H groups in total. The lowest BCUT2D eigenvalue weighted by Gasteiger charge is -2.34. The van der Waals surface area contributed by atoms with Gasteiger partial charge in [-0.2, -0.15) is 4.31 Å². The van der Waals surface area contributed by atoms with Gasteiger partial charge in [-0.25, -0.2) is 8.42 Å². The zero-order valence-electron chi connectivity index (χ0n) is 18.8. The molecule has 1 saturated heterocycles. The van der Waals surface area contributed by atoms with Crippen molar-refractivity contribution in [2.75, 3.05) is 26.3 Å². The number of aromatic nitrogens is 1. The maximum absolute atomic E-state index is 13.3. The summed E-state index contributed by atoms with van der Waals surface area (Å²) in [6.07, 6.45) is 4.63. The molecule has 3 atom stereocenters. The van der Waals surface area contributed by atoms with E-state index in [1.54, 1.807) is 17.7 Å². The summed E-state index contributed by atoms with van der Waals surface area (Å²) in [7, 11) is -2.00. The van der Waals surface area contributed by atoms with Crippen LogP contribution in [-0.2, 0) is 21.8 Å². The highest BCUT2D eigenvalue weighted by Gasteiger charge is 2.30. The zero-order chi connectivity index (χ0) is 23.0. The molecule has 174 valence electrons. The average Bonchev–Trinajstić information content (AvgIpc) is 2.79. The van der Waals surface area contributed by atoms with Crippen molar-refractivity contribution in [2.45, 2.75) is 44.0 Å². The Morgan fingerprint density at radius 2 is 1.88 bits per heavy atom. The third-order valence-corrected chi connectivity index (χ3v) is 8.93. The van der Waals surface area contributed by atoms with Crippen molar-refractivity contribution in [3.05, 3.63) is 40.2 Å². The van der Waals surface area contributed by atoms with Gasteiger partial charge < -0.3 is 14.6 Å². The van der Waals surface area contributed by atoms with Crippen molar-refractivity contribution in [2.24, 2.45) is 18.9 Å². The molecule has 4 rings (SSSR count). The number of rotatable bonds is 4. The summed E-state index contributed by atoms with van der Waals surface area (Å²) in [5, 5.41) is 3.27. The Hall–Kier alpha value is -2.23. The highest BCUT2D eigenvalue weighted by atomic mass is 32.2. The van der Waals surface area contributed by atoms with Crippen LogP contribution < -0.4 is 10.7 Å². The van der Waals surface area contributed by atoms with E-state index in [1.165, 1.54) is 22.6 Å². The fourth-order valence-corrected chi connectivity index (χ4v) is 6.20. The predicted octanol–water partition coefficient (Wildman–Crippen LogP) is 2.11. The minimum Gasteiger partial charge on any atom is -0.379 e. The topological polar surface area (TPSA) is 97.7 Å². The molecule has 9 heteroatoms. The Morgan fingerprint density at radius 1 is 1.16 bits per heavy atom. The number of carbonyl (C=O) groups is 1. The summed E-state index contributed by atoms with van der Waals surface area (Å²) < 4.78 is 34.4. The molecule has 1 aromatic heterocycles. The van der Waals surface area contributed by atoms with E-state index in [1.807, 2.05) is 0 Å². The molecular formula is C23H31N3O5S. The molecule has 3 unspecified atom stereocenters. The van der Waals surface area contributed by atoms with E-state index in [2.05, 4.69) is 19.2 Å². The first-order chi connectivity index (χ1) is 15.2. The second-order valence-corrected chi connectivity index (χ2v) is 11.0. The number of aryl methyl sites for hydroxylation is 1. The van der Waals surface area contributed by atoms with Gasteiger partial charge in [0.25, 0.3) is 5.91 Å². The Balaban J connectivity index is 1.70. The number of benzene rings is 1. The molecule has 1 amide bonds. The Morgan fingerprint density at radius 3 is 2.59 bits per heavy atom. The molecule has 8 nitrogen and oxygen atoms in total. The lowest BCUT2D eigenvalue weighted by atomic mass is 9.78. The maximum atomic E-state index is 13.3. The molecule has 2 aromatic rings. The van der Waals surface area contributed by atoms with Gasteiger partial charge in [0.05, 0.1) is 23.6 Å². The van der Waals surface area contributed by atoms with Crippen LogP contribution in [0, 0.1) is 11.8 Å². The third kappa shape index (κ3) is 4.21. The first-order valence-electron chi connectivity index (χ1n) is 11.2. The number of morpholine rings is 1. The molecule has 1 saturated carbocycles. The number of hydrogen-bond donors (Lipinski definition) is 1. The minimum absolute atomic E-state index is 0.0275. The van der Waals surface area contributed by atoms with Crippen molar-refractivity contribution in [1.82, 2.24) is 14.2 Å². The number of carbonyl (C=O) groups excluding carboxylic acids is 1. The van der Waals surface area contributed by atoms with Crippen LogP contribution in [0.15, 0.2) is 34.1 Å². The van der Waals surface area contributed by atoms with Gasteiger partial charge in [0.15, 0.2) is 0 Å². The third-order valence-electron chi connectivity index (χ3n) is 7.04. The number of fused-ring (bicyclic) bond motifs is 1. The molecule has 2 aliphatic rings. The van der Waals surface area contributed by atoms with Gasteiger partial charge in [-0.3, -0.25) is 9.59 Å². The van der Waals surface area contributed by atoms with E-state index in [4.69, 9.17) is 4.74 Å². The largest absolute Gasteiger partial charge is 0.379 e. The summed E-state index contributed by atoms with van der Waals surface area (Å²) in [5.74, 6) is 0.448. The van der Waals surface area contributed by atoms with Crippen LogP contribution in [0.2, 0.25) is 0 Å². The van der Waals surface area contributed by atoms with Crippen molar-refractivity contribution in [1.29, 1.82) is 0 Å². The second-order valence-electron chi connectivity index (χ2n) is 9.03. The Labute approximate surface area is 188 Å². The zero-order valence-corrected chi connectivity index (χ0v) is 19.7. The number of nitrogens with zero attached hydrogens (tertiary/aromatic N) is 2. The number of sulfonamides is 1. The van der Waals surface area contributed by atoms with Crippen LogP contribution in [0.1, 0.15) is 43.5 Å². The summed E-state index contributed by atoms with van der Waals surface area (Å²) in [5.41, 5.74) is 0.157. The van der Waals surface area contributed by atoms with E-state index in [-0.39, 0.29) is 35.0 Å². The highest BCUT2D eigenvalue weighted by molar-refractivity contribution is 7.89. The van der Waals surface area contributed by atoms with E-state index >= 15 is 0 Å². The van der Waals surface area contributed by atoms with Crippen LogP contribution in [0.5, 0.6) is 0 Å². The Kier molecular flexibility index (Phi) is 6.42. The lowest BCUT2D eigenvalue weighted by molar-refractivity contribution is 0.0730. The van der Waals surface area contributed by atoms with Crippen LogP contribution in [0.3, 0.4) is 0 Å². The van der Waals surface area contributed by atoms with Crippen molar-refractivity contribution in [3.8, 4) is 0 Å². The van der Waals surface area contributed by atoms with E-state index in [0.717, 1.165) is 19.3 Å². The number of nitrogens with one attached hydrogen (secondary N) is 1. The van der Waals surface area contributed by atoms with Crippen molar-refractivity contribution < 1.29 is 17.9 Å². The number of hydrogen-bond acceptors (Lipinski definition) is 5. The maximum Gasteiger partial charge on any atom is 0.256 e. The van der Waals surface area contributed by atoms with Crippen molar-refractivity contribution >= 4 is 26.8 Å². The molecule has 1 aliphatic carbocycles. The van der Waals surface area contributed by atoms with Gasteiger partial charge in [-0.15, -0.1) is 0 Å². The Bertz CT molecular complexity index is 1180. The number of pyridine rings is 1. The molecule has 1 aliphatic heterocycles. The van der Waals surface area contributed by atoms with Crippen LogP contribution in [0.25, 0.3) is 10.9 Å². The number of ether oxygens (including phenoxy) is 1. The monoisotopic (exact) mass is 461 g/mol. The second kappa shape index (κ2) is 8.96. The van der Waals surface area contributed by atoms with Gasteiger partial charge in [-0.1, -0.05) is 26.7 Å². The normalized spacial score (nSPS) is 25.0. The first-order valence-corrected chi connectivity index (χ1v) is 12.7. The van der Waals surface area contributed by atoms with Gasteiger partial charge >= 0.3 is 0 Å². The van der Waals surface area contributed by atoms with E-state index in [0.29, 0.717) is 30.6 Å². The van der Waals surface area contributed by atoms with Gasteiger partial charge in [-0.05, 0) is 36.5 Å². The van der Waals surface area contributed by atoms with Crippen LogP contribution in [0.4, 0.5) is 0 Å². The predicted molar refractivity (Wildman–Crippen MR) is 122 cm³/mol.